The number of rotatable bonds is 3. The van der Waals surface area contributed by atoms with Crippen LogP contribution in [0.3, 0.4) is 0 Å². The van der Waals surface area contributed by atoms with Crippen LogP contribution in [-0.2, 0) is 4.79 Å². The van der Waals surface area contributed by atoms with Crippen LogP contribution in [0.15, 0.2) is 65.3 Å². The third-order valence-corrected chi connectivity index (χ3v) is 5.42. The number of amides is 1. The van der Waals surface area contributed by atoms with Gasteiger partial charge in [-0.3, -0.25) is 4.79 Å². The summed E-state index contributed by atoms with van der Waals surface area (Å²) in [6.07, 6.45) is 5.39. The molecule has 4 heteroatoms. The van der Waals surface area contributed by atoms with Crippen LogP contribution in [-0.4, -0.2) is 23.7 Å². The van der Waals surface area contributed by atoms with Crippen molar-refractivity contribution in [3.8, 4) is 5.75 Å². The largest absolute Gasteiger partial charge is 0.497 e. The minimum Gasteiger partial charge on any atom is -0.497 e. The van der Waals surface area contributed by atoms with Gasteiger partial charge >= 0.3 is 0 Å². The molecule has 27 heavy (non-hydrogen) atoms. The predicted octanol–water partition coefficient (Wildman–Crippen LogP) is 4.84. The average Bonchev–Trinajstić information content (AvgIpc) is 3.10. The lowest BCUT2D eigenvalue weighted by atomic mass is 9.77. The lowest BCUT2D eigenvalue weighted by Gasteiger charge is -2.29. The Kier molecular flexibility index (Phi) is 4.80. The smallest absolute Gasteiger partial charge is 0.240 e. The van der Waals surface area contributed by atoms with Crippen LogP contribution >= 0.6 is 0 Å². The Hall–Kier alpha value is -2.88. The highest BCUT2D eigenvalue weighted by molar-refractivity contribution is 6.08. The van der Waals surface area contributed by atoms with Crippen molar-refractivity contribution in [3.05, 3.63) is 71.3 Å². The molecule has 2 aromatic rings. The molecule has 2 aliphatic rings. The number of carbonyl (C=O) groups excluding carboxylic acids is 1. The fraction of sp³-hybridized carbons (Fsp3) is 0.304. The molecular formula is C23H24N2O2. The van der Waals surface area contributed by atoms with Crippen molar-refractivity contribution in [2.75, 3.05) is 7.11 Å². The molecular weight excluding hydrogens is 336 g/mol. The number of hydrogen-bond donors (Lipinski definition) is 0. The van der Waals surface area contributed by atoms with Gasteiger partial charge in [-0.25, -0.2) is 5.01 Å². The summed E-state index contributed by atoms with van der Waals surface area (Å²) in [6.45, 7) is 1.60. The van der Waals surface area contributed by atoms with E-state index in [1.807, 2.05) is 42.5 Å². The highest BCUT2D eigenvalue weighted by Gasteiger charge is 2.42. The van der Waals surface area contributed by atoms with Gasteiger partial charge < -0.3 is 4.74 Å². The number of ether oxygens (including phenoxy) is 1. The monoisotopic (exact) mass is 360 g/mol. The third kappa shape index (κ3) is 3.39. The Balaban J connectivity index is 1.71. The lowest BCUT2D eigenvalue weighted by Crippen LogP contribution is -2.30. The van der Waals surface area contributed by atoms with Crippen molar-refractivity contribution in [1.82, 2.24) is 5.01 Å². The molecule has 4 rings (SSSR count). The first kappa shape index (κ1) is 17.5. The van der Waals surface area contributed by atoms with Crippen molar-refractivity contribution >= 4 is 17.7 Å². The second-order valence-electron chi connectivity index (χ2n) is 7.15. The SMILES string of the molecule is COc1ccc([C@@H]2[C@@H]3CCC/C(=C/c4ccccc4)C3=NN2C(C)=O)cc1. The van der Waals surface area contributed by atoms with Crippen LogP contribution in [0.4, 0.5) is 0 Å². The maximum absolute atomic E-state index is 12.3. The van der Waals surface area contributed by atoms with Gasteiger partial charge in [-0.15, -0.1) is 0 Å². The van der Waals surface area contributed by atoms with Crippen molar-refractivity contribution in [2.24, 2.45) is 11.0 Å². The van der Waals surface area contributed by atoms with E-state index in [2.05, 4.69) is 18.2 Å². The summed E-state index contributed by atoms with van der Waals surface area (Å²) in [5, 5.41) is 6.46. The molecule has 138 valence electrons. The molecule has 1 heterocycles. The van der Waals surface area contributed by atoms with Crippen molar-refractivity contribution < 1.29 is 9.53 Å². The van der Waals surface area contributed by atoms with Crippen LogP contribution in [0.25, 0.3) is 6.08 Å². The Morgan fingerprint density at radius 1 is 1.15 bits per heavy atom. The molecule has 1 aliphatic carbocycles. The molecule has 0 unspecified atom stereocenters. The van der Waals surface area contributed by atoms with Crippen molar-refractivity contribution in [1.29, 1.82) is 0 Å². The van der Waals surface area contributed by atoms with Gasteiger partial charge in [0.05, 0.1) is 18.9 Å². The highest BCUT2D eigenvalue weighted by atomic mass is 16.5. The molecule has 2 aromatic carbocycles. The first-order valence-corrected chi connectivity index (χ1v) is 9.45. The third-order valence-electron chi connectivity index (χ3n) is 5.42. The van der Waals surface area contributed by atoms with E-state index in [4.69, 9.17) is 9.84 Å². The maximum atomic E-state index is 12.3. The topological polar surface area (TPSA) is 41.9 Å². The first-order valence-electron chi connectivity index (χ1n) is 9.45. The van der Waals surface area contributed by atoms with Crippen LogP contribution in [0.2, 0.25) is 0 Å². The van der Waals surface area contributed by atoms with Crippen molar-refractivity contribution in [2.45, 2.75) is 32.2 Å². The minimum absolute atomic E-state index is 0.0169. The Morgan fingerprint density at radius 3 is 2.56 bits per heavy atom. The molecule has 0 spiro atoms. The number of hydrogen-bond acceptors (Lipinski definition) is 3. The first-order chi connectivity index (χ1) is 13.2. The number of hydrazone groups is 1. The van der Waals surface area contributed by atoms with Gasteiger partial charge in [-0.1, -0.05) is 42.5 Å². The molecule has 0 N–H and O–H groups in total. The predicted molar refractivity (Wildman–Crippen MR) is 107 cm³/mol. The summed E-state index contributed by atoms with van der Waals surface area (Å²) < 4.78 is 5.28. The Morgan fingerprint density at radius 2 is 1.89 bits per heavy atom. The molecule has 4 nitrogen and oxygen atoms in total. The van der Waals surface area contributed by atoms with Crippen LogP contribution in [0, 0.1) is 5.92 Å². The van der Waals surface area contributed by atoms with E-state index >= 15 is 0 Å². The van der Waals surface area contributed by atoms with Gasteiger partial charge in [-0.2, -0.15) is 5.10 Å². The van der Waals surface area contributed by atoms with Gasteiger partial charge in [0.1, 0.15) is 5.75 Å². The van der Waals surface area contributed by atoms with E-state index < -0.39 is 0 Å². The molecule has 0 bridgehead atoms. The summed E-state index contributed by atoms with van der Waals surface area (Å²) in [5.74, 6) is 1.04. The fourth-order valence-electron chi connectivity index (χ4n) is 4.15. The molecule has 0 radical (unpaired) electrons. The lowest BCUT2D eigenvalue weighted by molar-refractivity contribution is -0.131. The van der Waals surface area contributed by atoms with E-state index in [-0.39, 0.29) is 17.9 Å². The number of carbonyl (C=O) groups is 1. The molecule has 0 saturated heterocycles. The number of fused-ring (bicyclic) bond motifs is 1. The molecule has 1 fully saturated rings. The second-order valence-corrected chi connectivity index (χ2v) is 7.15. The van der Waals surface area contributed by atoms with E-state index in [1.165, 1.54) is 11.1 Å². The average molecular weight is 360 g/mol. The molecule has 1 saturated carbocycles. The van der Waals surface area contributed by atoms with E-state index in [0.29, 0.717) is 0 Å². The van der Waals surface area contributed by atoms with E-state index in [1.54, 1.807) is 19.0 Å². The summed E-state index contributed by atoms with van der Waals surface area (Å²) >= 11 is 0. The standard InChI is InChI=1S/C23H24N2O2/c1-16(26)25-23(18-11-13-20(27-2)14-12-18)21-10-6-9-19(22(21)24-25)15-17-7-4-3-5-8-17/h3-5,7-8,11-15,21,23H,6,9-10H2,1-2H3/b19-15-/t21-,23-/m1/s1. The zero-order valence-electron chi connectivity index (χ0n) is 15.8. The molecule has 1 aliphatic heterocycles. The number of benzene rings is 2. The summed E-state index contributed by atoms with van der Waals surface area (Å²) in [7, 11) is 1.66. The van der Waals surface area contributed by atoms with Gasteiger partial charge in [0.2, 0.25) is 5.91 Å². The molecule has 0 aromatic heterocycles. The van der Waals surface area contributed by atoms with Gasteiger partial charge in [0, 0.05) is 12.8 Å². The zero-order chi connectivity index (χ0) is 18.8. The molecule has 2 atom stereocenters. The van der Waals surface area contributed by atoms with Gasteiger partial charge in [-0.05, 0) is 54.2 Å². The number of methoxy groups -OCH3 is 1. The van der Waals surface area contributed by atoms with E-state index in [9.17, 15) is 4.79 Å². The Labute approximate surface area is 160 Å². The van der Waals surface area contributed by atoms with Gasteiger partial charge in [0.15, 0.2) is 0 Å². The maximum Gasteiger partial charge on any atom is 0.240 e. The number of nitrogens with zero attached hydrogens (tertiary/aromatic N) is 2. The summed E-state index contributed by atoms with van der Waals surface area (Å²) in [6, 6.07) is 18.3. The Bertz CT molecular complexity index is 884. The zero-order valence-corrected chi connectivity index (χ0v) is 15.8. The van der Waals surface area contributed by atoms with Crippen LogP contribution in [0.1, 0.15) is 43.4 Å². The minimum atomic E-state index is -0.0390. The quantitative estimate of drug-likeness (QED) is 0.786. The number of allylic oxidation sites excluding steroid dienone is 1. The summed E-state index contributed by atoms with van der Waals surface area (Å²) in [4.78, 5) is 12.3. The second kappa shape index (κ2) is 7.39. The highest BCUT2D eigenvalue weighted by Crippen LogP contribution is 2.44. The van der Waals surface area contributed by atoms with E-state index in [0.717, 1.165) is 36.3 Å². The fourth-order valence-corrected chi connectivity index (χ4v) is 4.15. The van der Waals surface area contributed by atoms with Crippen LogP contribution < -0.4 is 4.74 Å². The van der Waals surface area contributed by atoms with Crippen LogP contribution in [0.5, 0.6) is 5.75 Å². The van der Waals surface area contributed by atoms with Gasteiger partial charge in [0.25, 0.3) is 0 Å². The normalized spacial score (nSPS) is 23.1. The summed E-state index contributed by atoms with van der Waals surface area (Å²) in [5.41, 5.74) is 4.61. The van der Waals surface area contributed by atoms with Crippen molar-refractivity contribution in [3.63, 3.8) is 0 Å². The molecule has 1 amide bonds.